The molecular weight excluding hydrogens is 460 g/mol. The molecule has 1 aliphatic heterocycles. The Morgan fingerprint density at radius 3 is 2.35 bits per heavy atom. The molecule has 1 N–H and O–H groups in total. The molecule has 5 heteroatoms. The molecule has 37 heavy (non-hydrogen) atoms. The van der Waals surface area contributed by atoms with Gasteiger partial charge in [-0.05, 0) is 92.3 Å². The molecule has 7 rings (SSSR count). The average molecular weight is 495 g/mol. The van der Waals surface area contributed by atoms with Crippen LogP contribution in [-0.4, -0.2) is 23.8 Å². The monoisotopic (exact) mass is 494 g/mol. The molecule has 190 valence electrons. The fourth-order valence-corrected chi connectivity index (χ4v) is 6.74. The van der Waals surface area contributed by atoms with Crippen molar-refractivity contribution >= 4 is 17.5 Å². The normalized spacial score (nSPS) is 24.2. The molecule has 0 aromatic heterocycles. The van der Waals surface area contributed by atoms with Crippen LogP contribution in [0.1, 0.15) is 77.2 Å². The van der Waals surface area contributed by atoms with Crippen molar-refractivity contribution < 1.29 is 14.3 Å². The molecule has 3 aromatic carbocycles. The zero-order valence-electron chi connectivity index (χ0n) is 21.6. The number of benzene rings is 3. The lowest BCUT2D eigenvalue weighted by molar-refractivity contribution is -0.131. The summed E-state index contributed by atoms with van der Waals surface area (Å²) in [5.74, 6) is 1.71. The van der Waals surface area contributed by atoms with Gasteiger partial charge in [-0.25, -0.2) is 0 Å². The number of hydrogen-bond acceptors (Lipinski definition) is 3. The minimum Gasteiger partial charge on any atom is -0.497 e. The summed E-state index contributed by atoms with van der Waals surface area (Å²) < 4.78 is 5.32. The number of carbonyl (C=O) groups is 2. The lowest BCUT2D eigenvalue weighted by Gasteiger charge is -2.45. The van der Waals surface area contributed by atoms with E-state index in [1.54, 1.807) is 7.11 Å². The largest absolute Gasteiger partial charge is 0.497 e. The quantitative estimate of drug-likeness (QED) is 0.417. The first kappa shape index (κ1) is 23.8. The van der Waals surface area contributed by atoms with Gasteiger partial charge in [0.15, 0.2) is 0 Å². The molecule has 0 spiro atoms. The van der Waals surface area contributed by atoms with Crippen LogP contribution in [0, 0.1) is 18.3 Å². The second kappa shape index (κ2) is 9.37. The molecule has 1 atom stereocenters. The van der Waals surface area contributed by atoms with Crippen LogP contribution in [0.4, 0.5) is 5.69 Å². The summed E-state index contributed by atoms with van der Waals surface area (Å²) in [6.45, 7) is 2.55. The number of methoxy groups -OCH3 is 1. The Bertz CT molecular complexity index is 1320. The standard InChI is InChI=1S/C32H34N2O3/c1-21-6-3-4-7-25(21)29-28-26(30(35)34(29)20-23-10-12-24(37-2)13-11-23)8-5-9-27(28)33-31(36)32-17-14-22(15-18-32)16-19-32/h3-13,22,29H,14-20H2,1-2H3,(H,33,36). The van der Waals surface area contributed by atoms with E-state index in [1.165, 1.54) is 0 Å². The summed E-state index contributed by atoms with van der Waals surface area (Å²) in [7, 11) is 1.65. The summed E-state index contributed by atoms with van der Waals surface area (Å²) in [5, 5.41) is 3.33. The number of aryl methyl sites for hydroxylation is 1. The van der Waals surface area contributed by atoms with Crippen molar-refractivity contribution in [3.8, 4) is 5.75 Å². The van der Waals surface area contributed by atoms with Crippen molar-refractivity contribution in [3.05, 3.63) is 94.5 Å². The molecule has 2 bridgehead atoms. The maximum Gasteiger partial charge on any atom is 0.255 e. The Morgan fingerprint density at radius 2 is 1.68 bits per heavy atom. The molecule has 3 saturated carbocycles. The van der Waals surface area contributed by atoms with Gasteiger partial charge >= 0.3 is 0 Å². The summed E-state index contributed by atoms with van der Waals surface area (Å²) in [5.41, 5.74) is 5.32. The van der Waals surface area contributed by atoms with Crippen LogP contribution in [-0.2, 0) is 11.3 Å². The summed E-state index contributed by atoms with van der Waals surface area (Å²) in [6, 6.07) is 21.6. The Kier molecular flexibility index (Phi) is 6.02. The Labute approximate surface area is 218 Å². The highest BCUT2D eigenvalue weighted by Crippen LogP contribution is 2.51. The number of hydrogen-bond donors (Lipinski definition) is 1. The molecule has 1 heterocycles. The van der Waals surface area contributed by atoms with E-state index in [2.05, 4.69) is 24.4 Å². The van der Waals surface area contributed by atoms with Crippen molar-refractivity contribution in [1.82, 2.24) is 4.90 Å². The Hall–Kier alpha value is -3.60. The molecule has 4 aliphatic rings. The second-order valence-electron chi connectivity index (χ2n) is 11.0. The molecular formula is C32H34N2O3. The van der Waals surface area contributed by atoms with Gasteiger partial charge in [0, 0.05) is 28.8 Å². The minimum absolute atomic E-state index is 0.00786. The van der Waals surface area contributed by atoms with Crippen molar-refractivity contribution in [1.29, 1.82) is 0 Å². The maximum absolute atomic E-state index is 13.9. The predicted molar refractivity (Wildman–Crippen MR) is 145 cm³/mol. The molecule has 3 aromatic rings. The van der Waals surface area contributed by atoms with Crippen LogP contribution in [0.5, 0.6) is 5.75 Å². The van der Waals surface area contributed by atoms with E-state index in [9.17, 15) is 9.59 Å². The molecule has 3 aliphatic carbocycles. The zero-order valence-corrected chi connectivity index (χ0v) is 21.6. The summed E-state index contributed by atoms with van der Waals surface area (Å²) in [4.78, 5) is 29.6. The summed E-state index contributed by atoms with van der Waals surface area (Å²) >= 11 is 0. The van der Waals surface area contributed by atoms with Gasteiger partial charge in [-0.2, -0.15) is 0 Å². The Morgan fingerprint density at radius 1 is 0.973 bits per heavy atom. The molecule has 0 radical (unpaired) electrons. The van der Waals surface area contributed by atoms with Crippen LogP contribution in [0.3, 0.4) is 0 Å². The number of nitrogens with one attached hydrogen (secondary N) is 1. The fraction of sp³-hybridized carbons (Fsp3) is 0.375. The number of amides is 2. The fourth-order valence-electron chi connectivity index (χ4n) is 6.74. The van der Waals surface area contributed by atoms with Crippen molar-refractivity contribution in [3.63, 3.8) is 0 Å². The molecule has 0 saturated heterocycles. The third kappa shape index (κ3) is 4.11. The van der Waals surface area contributed by atoms with Gasteiger partial charge in [-0.15, -0.1) is 0 Å². The number of nitrogens with zero attached hydrogens (tertiary/aromatic N) is 1. The van der Waals surface area contributed by atoms with Crippen molar-refractivity contribution in [2.24, 2.45) is 11.3 Å². The van der Waals surface area contributed by atoms with Crippen LogP contribution >= 0.6 is 0 Å². The number of fused-ring (bicyclic) bond motifs is 4. The molecule has 5 nitrogen and oxygen atoms in total. The lowest BCUT2D eigenvalue weighted by atomic mass is 9.60. The van der Waals surface area contributed by atoms with Gasteiger partial charge in [0.1, 0.15) is 5.75 Å². The third-order valence-electron chi connectivity index (χ3n) is 9.00. The second-order valence-corrected chi connectivity index (χ2v) is 11.0. The first-order chi connectivity index (χ1) is 18.0. The van der Waals surface area contributed by atoms with Crippen LogP contribution in [0.15, 0.2) is 66.7 Å². The van der Waals surface area contributed by atoms with Crippen molar-refractivity contribution in [2.45, 2.75) is 58.0 Å². The lowest BCUT2D eigenvalue weighted by Crippen LogP contribution is -2.43. The van der Waals surface area contributed by atoms with Crippen LogP contribution in [0.2, 0.25) is 0 Å². The summed E-state index contributed by atoms with van der Waals surface area (Å²) in [6.07, 6.45) is 6.38. The van der Waals surface area contributed by atoms with Crippen molar-refractivity contribution in [2.75, 3.05) is 12.4 Å². The highest BCUT2D eigenvalue weighted by Gasteiger charge is 2.47. The van der Waals surface area contributed by atoms with Gasteiger partial charge in [0.05, 0.1) is 13.2 Å². The zero-order chi connectivity index (χ0) is 25.6. The molecule has 2 amide bonds. The average Bonchev–Trinajstić information content (AvgIpc) is 3.22. The van der Waals surface area contributed by atoms with Gasteiger partial charge in [-0.1, -0.05) is 42.5 Å². The smallest absolute Gasteiger partial charge is 0.255 e. The minimum atomic E-state index is -0.276. The van der Waals surface area contributed by atoms with E-state index in [0.29, 0.717) is 12.1 Å². The van der Waals surface area contributed by atoms with Gasteiger partial charge in [-0.3, -0.25) is 9.59 Å². The number of rotatable bonds is 6. The SMILES string of the molecule is COc1ccc(CN2C(=O)c3cccc(NC(=O)C45CCC(CC4)CC5)c3C2c2ccccc2C)cc1. The first-order valence-corrected chi connectivity index (χ1v) is 13.4. The number of anilines is 1. The van der Waals surface area contributed by atoms with E-state index < -0.39 is 0 Å². The Balaban J connectivity index is 1.39. The number of ether oxygens (including phenoxy) is 1. The third-order valence-corrected chi connectivity index (χ3v) is 9.00. The maximum atomic E-state index is 13.9. The van der Waals surface area contributed by atoms with E-state index in [1.807, 2.05) is 59.5 Å². The highest BCUT2D eigenvalue weighted by atomic mass is 16.5. The van der Waals surface area contributed by atoms with Gasteiger partial charge < -0.3 is 15.0 Å². The highest BCUT2D eigenvalue weighted by molar-refractivity contribution is 6.04. The van der Waals surface area contributed by atoms with E-state index in [0.717, 1.165) is 78.1 Å². The topological polar surface area (TPSA) is 58.6 Å². The predicted octanol–water partition coefficient (Wildman–Crippen LogP) is 6.66. The van der Waals surface area contributed by atoms with E-state index in [4.69, 9.17) is 4.74 Å². The molecule has 1 unspecified atom stereocenters. The van der Waals surface area contributed by atoms with Gasteiger partial charge in [0.2, 0.25) is 5.91 Å². The van der Waals surface area contributed by atoms with Crippen LogP contribution in [0.25, 0.3) is 0 Å². The molecule has 3 fully saturated rings. The van der Waals surface area contributed by atoms with Crippen LogP contribution < -0.4 is 10.1 Å². The van der Waals surface area contributed by atoms with E-state index in [-0.39, 0.29) is 23.3 Å². The number of carbonyl (C=O) groups excluding carboxylic acids is 2. The van der Waals surface area contributed by atoms with Gasteiger partial charge in [0.25, 0.3) is 5.91 Å². The van der Waals surface area contributed by atoms with E-state index >= 15 is 0 Å². The first-order valence-electron chi connectivity index (χ1n) is 13.4.